The van der Waals surface area contributed by atoms with E-state index < -0.39 is 0 Å². The van der Waals surface area contributed by atoms with Crippen LogP contribution in [0.15, 0.2) is 54.6 Å². The molecule has 0 spiro atoms. The zero-order chi connectivity index (χ0) is 15.8. The first-order chi connectivity index (χ1) is 10.7. The van der Waals surface area contributed by atoms with Gasteiger partial charge in [0.15, 0.2) is 0 Å². The maximum atomic E-state index is 11.3. The van der Waals surface area contributed by atoms with E-state index in [0.29, 0.717) is 5.56 Å². The van der Waals surface area contributed by atoms with Crippen LogP contribution in [-0.4, -0.2) is 18.2 Å². The largest absolute Gasteiger partial charge is 0.465 e. The van der Waals surface area contributed by atoms with E-state index in [9.17, 15) is 4.79 Å². The van der Waals surface area contributed by atoms with Gasteiger partial charge < -0.3 is 9.84 Å². The molecule has 0 saturated heterocycles. The Morgan fingerprint density at radius 3 is 2.41 bits per heavy atom. The molecule has 2 aromatic carbocycles. The molecule has 0 unspecified atom stereocenters. The highest BCUT2D eigenvalue weighted by molar-refractivity contribution is 5.89. The number of carbonyl (C=O) groups excluding carboxylic acids is 1. The van der Waals surface area contributed by atoms with Gasteiger partial charge in [-0.05, 0) is 47.5 Å². The molecule has 0 heterocycles. The minimum atomic E-state index is -0.346. The van der Waals surface area contributed by atoms with Crippen molar-refractivity contribution in [2.75, 3.05) is 7.11 Å². The van der Waals surface area contributed by atoms with E-state index in [2.05, 4.69) is 16.6 Å². The third-order valence-electron chi connectivity index (χ3n) is 3.04. The number of methoxy groups -OCH3 is 1. The van der Waals surface area contributed by atoms with Crippen molar-refractivity contribution in [3.63, 3.8) is 0 Å². The summed E-state index contributed by atoms with van der Waals surface area (Å²) in [5.74, 6) is 5.62. The SMILES string of the molecule is COC(=O)c1ccc(/C=C/C#Cc2ccc(CO)cc2)cc1. The highest BCUT2D eigenvalue weighted by Crippen LogP contribution is 2.07. The Kier molecular flexibility index (Phi) is 5.53. The highest BCUT2D eigenvalue weighted by atomic mass is 16.5. The third kappa shape index (κ3) is 4.34. The van der Waals surface area contributed by atoms with Crippen molar-refractivity contribution in [1.82, 2.24) is 0 Å². The number of hydrogen-bond donors (Lipinski definition) is 1. The molecule has 0 saturated carbocycles. The summed E-state index contributed by atoms with van der Waals surface area (Å²) in [4.78, 5) is 11.3. The first kappa shape index (κ1) is 15.6. The van der Waals surface area contributed by atoms with Gasteiger partial charge in [0.05, 0.1) is 19.3 Å². The molecular formula is C19H16O3. The van der Waals surface area contributed by atoms with Crippen molar-refractivity contribution < 1.29 is 14.6 Å². The number of rotatable bonds is 3. The van der Waals surface area contributed by atoms with Crippen LogP contribution in [0, 0.1) is 11.8 Å². The van der Waals surface area contributed by atoms with Gasteiger partial charge in [0.1, 0.15) is 0 Å². The van der Waals surface area contributed by atoms with Gasteiger partial charge in [-0.1, -0.05) is 36.1 Å². The molecule has 3 heteroatoms. The lowest BCUT2D eigenvalue weighted by Gasteiger charge is -1.98. The maximum absolute atomic E-state index is 11.3. The minimum absolute atomic E-state index is 0.0369. The van der Waals surface area contributed by atoms with Gasteiger partial charge in [0.2, 0.25) is 0 Å². The van der Waals surface area contributed by atoms with E-state index in [-0.39, 0.29) is 12.6 Å². The molecule has 0 aliphatic rings. The lowest BCUT2D eigenvalue weighted by molar-refractivity contribution is 0.0600. The van der Waals surface area contributed by atoms with E-state index in [1.54, 1.807) is 18.2 Å². The summed E-state index contributed by atoms with van der Waals surface area (Å²) in [6.07, 6.45) is 3.63. The number of ether oxygens (including phenoxy) is 1. The quantitative estimate of drug-likeness (QED) is 0.698. The second-order valence-electron chi connectivity index (χ2n) is 4.57. The van der Waals surface area contributed by atoms with E-state index in [1.807, 2.05) is 42.5 Å². The Labute approximate surface area is 129 Å². The number of aliphatic hydroxyl groups is 1. The van der Waals surface area contributed by atoms with Gasteiger partial charge >= 0.3 is 5.97 Å². The van der Waals surface area contributed by atoms with Crippen molar-refractivity contribution in [3.8, 4) is 11.8 Å². The smallest absolute Gasteiger partial charge is 0.337 e. The molecule has 0 amide bonds. The second-order valence-corrected chi connectivity index (χ2v) is 4.57. The Morgan fingerprint density at radius 2 is 1.82 bits per heavy atom. The Hall–Kier alpha value is -2.83. The lowest BCUT2D eigenvalue weighted by atomic mass is 10.1. The van der Waals surface area contributed by atoms with Gasteiger partial charge in [0, 0.05) is 5.56 Å². The molecule has 0 aromatic heterocycles. The predicted molar refractivity (Wildman–Crippen MR) is 86.1 cm³/mol. The monoisotopic (exact) mass is 292 g/mol. The standard InChI is InChI=1S/C19H16O3/c1-22-19(21)18-12-10-16(11-13-18)5-3-2-4-15-6-8-17(14-20)9-7-15/h3,5-13,20H,14H2,1H3/b5-3+. The van der Waals surface area contributed by atoms with E-state index in [4.69, 9.17) is 5.11 Å². The molecule has 2 rings (SSSR count). The average molecular weight is 292 g/mol. The summed E-state index contributed by atoms with van der Waals surface area (Å²) >= 11 is 0. The number of hydrogen-bond acceptors (Lipinski definition) is 3. The fourth-order valence-corrected chi connectivity index (χ4v) is 1.80. The van der Waals surface area contributed by atoms with Crippen LogP contribution >= 0.6 is 0 Å². The first-order valence-corrected chi connectivity index (χ1v) is 6.79. The lowest BCUT2D eigenvalue weighted by Crippen LogP contribution is -2.00. The normalized spacial score (nSPS) is 10.1. The van der Waals surface area contributed by atoms with Crippen molar-refractivity contribution >= 4 is 12.0 Å². The summed E-state index contributed by atoms with van der Waals surface area (Å²) in [6.45, 7) is 0.0369. The van der Waals surface area contributed by atoms with Gasteiger partial charge in [-0.25, -0.2) is 4.79 Å². The molecule has 110 valence electrons. The minimum Gasteiger partial charge on any atom is -0.465 e. The summed E-state index contributed by atoms with van der Waals surface area (Å²) in [6, 6.07) is 14.5. The van der Waals surface area contributed by atoms with Crippen LogP contribution in [0.25, 0.3) is 6.08 Å². The average Bonchev–Trinajstić information content (AvgIpc) is 2.59. The molecule has 0 radical (unpaired) electrons. The number of aliphatic hydroxyl groups excluding tert-OH is 1. The van der Waals surface area contributed by atoms with Gasteiger partial charge in [-0.3, -0.25) is 0 Å². The molecule has 0 aliphatic carbocycles. The van der Waals surface area contributed by atoms with Crippen molar-refractivity contribution in [3.05, 3.63) is 76.9 Å². The summed E-state index contributed by atoms with van der Waals surface area (Å²) in [5.41, 5.74) is 3.24. The topological polar surface area (TPSA) is 46.5 Å². The fraction of sp³-hybridized carbons (Fsp3) is 0.105. The third-order valence-corrected chi connectivity index (χ3v) is 3.04. The van der Waals surface area contributed by atoms with Gasteiger partial charge in [-0.15, -0.1) is 0 Å². The predicted octanol–water partition coefficient (Wildman–Crippen LogP) is 3.03. The molecule has 0 fully saturated rings. The molecular weight excluding hydrogens is 276 g/mol. The zero-order valence-corrected chi connectivity index (χ0v) is 12.2. The highest BCUT2D eigenvalue weighted by Gasteiger charge is 2.02. The van der Waals surface area contributed by atoms with Crippen molar-refractivity contribution in [2.24, 2.45) is 0 Å². The molecule has 0 bridgehead atoms. The summed E-state index contributed by atoms with van der Waals surface area (Å²) < 4.78 is 4.65. The second kappa shape index (κ2) is 7.82. The molecule has 22 heavy (non-hydrogen) atoms. The molecule has 3 nitrogen and oxygen atoms in total. The van der Waals surface area contributed by atoms with Crippen molar-refractivity contribution in [2.45, 2.75) is 6.61 Å². The molecule has 2 aromatic rings. The number of benzene rings is 2. The van der Waals surface area contributed by atoms with Crippen LogP contribution in [0.4, 0.5) is 0 Å². The van der Waals surface area contributed by atoms with Crippen LogP contribution in [0.2, 0.25) is 0 Å². The molecule has 0 aliphatic heterocycles. The first-order valence-electron chi connectivity index (χ1n) is 6.79. The zero-order valence-electron chi connectivity index (χ0n) is 12.2. The summed E-state index contributed by atoms with van der Waals surface area (Å²) in [7, 11) is 1.36. The van der Waals surface area contributed by atoms with Crippen LogP contribution in [0.5, 0.6) is 0 Å². The van der Waals surface area contributed by atoms with Gasteiger partial charge in [0.25, 0.3) is 0 Å². The Morgan fingerprint density at radius 1 is 1.14 bits per heavy atom. The van der Waals surface area contributed by atoms with E-state index in [1.165, 1.54) is 7.11 Å². The molecule has 0 atom stereocenters. The number of esters is 1. The van der Waals surface area contributed by atoms with E-state index in [0.717, 1.165) is 16.7 Å². The van der Waals surface area contributed by atoms with Crippen LogP contribution in [0.3, 0.4) is 0 Å². The van der Waals surface area contributed by atoms with Crippen LogP contribution < -0.4 is 0 Å². The fourth-order valence-electron chi connectivity index (χ4n) is 1.80. The maximum Gasteiger partial charge on any atom is 0.337 e. The number of allylic oxidation sites excluding steroid dienone is 1. The van der Waals surface area contributed by atoms with Crippen molar-refractivity contribution in [1.29, 1.82) is 0 Å². The Bertz CT molecular complexity index is 714. The Balaban J connectivity index is 2.00. The summed E-state index contributed by atoms with van der Waals surface area (Å²) in [5, 5.41) is 8.96. The number of carbonyl (C=O) groups is 1. The molecule has 1 N–H and O–H groups in total. The van der Waals surface area contributed by atoms with Crippen LogP contribution in [-0.2, 0) is 11.3 Å². The van der Waals surface area contributed by atoms with Crippen LogP contribution in [0.1, 0.15) is 27.0 Å². The van der Waals surface area contributed by atoms with E-state index >= 15 is 0 Å². The van der Waals surface area contributed by atoms with Gasteiger partial charge in [-0.2, -0.15) is 0 Å².